The van der Waals surface area contributed by atoms with Crippen LogP contribution in [0.15, 0.2) is 18.9 Å². The molecule has 0 aliphatic carbocycles. The zero-order valence-corrected chi connectivity index (χ0v) is 11.4. The van der Waals surface area contributed by atoms with Gasteiger partial charge in [0.05, 0.1) is 12.2 Å². The number of piperidine rings is 1. The molecule has 0 aromatic carbocycles. The molecule has 0 bridgehead atoms. The molecule has 0 spiro atoms. The van der Waals surface area contributed by atoms with Gasteiger partial charge in [-0.05, 0) is 32.9 Å². The zero-order valence-electron chi connectivity index (χ0n) is 11.4. The van der Waals surface area contributed by atoms with Crippen molar-refractivity contribution in [1.82, 2.24) is 25.2 Å². The maximum absolute atomic E-state index is 12.2. The lowest BCUT2D eigenvalue weighted by molar-refractivity contribution is 0.0776. The molecule has 0 atom stereocenters. The molecule has 6 heteroatoms. The van der Waals surface area contributed by atoms with Gasteiger partial charge < -0.3 is 10.2 Å². The minimum atomic E-state index is -0.0809. The van der Waals surface area contributed by atoms with E-state index in [1.54, 1.807) is 17.2 Å². The molecule has 6 nitrogen and oxygen atoms in total. The Morgan fingerprint density at radius 2 is 2.37 bits per heavy atom. The summed E-state index contributed by atoms with van der Waals surface area (Å²) >= 11 is 0. The normalized spacial score (nSPS) is 16.3. The summed E-state index contributed by atoms with van der Waals surface area (Å²) in [5, 5.41) is 11.4. The van der Waals surface area contributed by atoms with Crippen molar-refractivity contribution in [1.29, 1.82) is 0 Å². The first-order valence-corrected chi connectivity index (χ1v) is 6.79. The summed E-state index contributed by atoms with van der Waals surface area (Å²) in [6.07, 6.45) is 5.55. The Bertz CT molecular complexity index is 436. The van der Waals surface area contributed by atoms with Gasteiger partial charge in [-0.3, -0.25) is 4.79 Å². The standard InChI is InChI=1S/C13H21N5O/c1-3-9-17(4-2)13(19)12-10-18(16-15-12)11-5-7-14-8-6-11/h3,10-11,14H,1,4-9H2,2H3. The van der Waals surface area contributed by atoms with Crippen molar-refractivity contribution in [3.63, 3.8) is 0 Å². The molecule has 1 N–H and O–H groups in total. The van der Waals surface area contributed by atoms with Gasteiger partial charge in [0.2, 0.25) is 0 Å². The van der Waals surface area contributed by atoms with Gasteiger partial charge in [-0.15, -0.1) is 11.7 Å². The predicted octanol–water partition coefficient (Wildman–Crippen LogP) is 0.851. The molecule has 104 valence electrons. The fourth-order valence-corrected chi connectivity index (χ4v) is 2.30. The molecule has 1 aliphatic rings. The Kier molecular flexibility index (Phi) is 4.68. The Morgan fingerprint density at radius 3 is 3.00 bits per heavy atom. The molecule has 2 rings (SSSR count). The van der Waals surface area contributed by atoms with Crippen LogP contribution in [0.25, 0.3) is 0 Å². The Morgan fingerprint density at radius 1 is 1.63 bits per heavy atom. The third kappa shape index (κ3) is 3.20. The van der Waals surface area contributed by atoms with Gasteiger partial charge in [0.15, 0.2) is 5.69 Å². The van der Waals surface area contributed by atoms with Crippen LogP contribution in [0.3, 0.4) is 0 Å². The maximum atomic E-state index is 12.2. The molecule has 1 aromatic rings. The van der Waals surface area contributed by atoms with Crippen LogP contribution in [0, 0.1) is 0 Å². The smallest absolute Gasteiger partial charge is 0.276 e. The predicted molar refractivity (Wildman–Crippen MR) is 72.9 cm³/mol. The van der Waals surface area contributed by atoms with E-state index >= 15 is 0 Å². The molecule has 1 aromatic heterocycles. The quantitative estimate of drug-likeness (QED) is 0.800. The van der Waals surface area contributed by atoms with Crippen molar-refractivity contribution in [2.45, 2.75) is 25.8 Å². The number of hydrogen-bond donors (Lipinski definition) is 1. The molecule has 0 unspecified atom stereocenters. The average molecular weight is 263 g/mol. The second-order valence-corrected chi connectivity index (χ2v) is 4.70. The minimum Gasteiger partial charge on any atom is -0.334 e. The topological polar surface area (TPSA) is 63.1 Å². The molecular formula is C13H21N5O. The fraction of sp³-hybridized carbons (Fsp3) is 0.615. The zero-order chi connectivity index (χ0) is 13.7. The lowest BCUT2D eigenvalue weighted by atomic mass is 10.1. The number of nitrogens with one attached hydrogen (secondary N) is 1. The lowest BCUT2D eigenvalue weighted by Crippen LogP contribution is -2.31. The number of amides is 1. The number of rotatable bonds is 5. The van der Waals surface area contributed by atoms with E-state index < -0.39 is 0 Å². The van der Waals surface area contributed by atoms with Crippen LogP contribution in [-0.2, 0) is 0 Å². The van der Waals surface area contributed by atoms with Crippen molar-refractivity contribution < 1.29 is 4.79 Å². The largest absolute Gasteiger partial charge is 0.334 e. The van der Waals surface area contributed by atoms with Crippen LogP contribution in [0.2, 0.25) is 0 Å². The van der Waals surface area contributed by atoms with Gasteiger partial charge in [0.25, 0.3) is 5.91 Å². The SMILES string of the molecule is C=CCN(CC)C(=O)c1cn(C2CCNCC2)nn1. The van der Waals surface area contributed by atoms with Crippen molar-refractivity contribution in [2.24, 2.45) is 0 Å². The lowest BCUT2D eigenvalue weighted by Gasteiger charge is -2.22. The fourth-order valence-electron chi connectivity index (χ4n) is 2.30. The summed E-state index contributed by atoms with van der Waals surface area (Å²) < 4.78 is 1.83. The first-order chi connectivity index (χ1) is 9.26. The van der Waals surface area contributed by atoms with Crippen molar-refractivity contribution in [3.05, 3.63) is 24.5 Å². The molecule has 0 saturated carbocycles. The van der Waals surface area contributed by atoms with Gasteiger partial charge in [-0.25, -0.2) is 4.68 Å². The van der Waals surface area contributed by atoms with Gasteiger partial charge in [-0.1, -0.05) is 11.3 Å². The van der Waals surface area contributed by atoms with Crippen molar-refractivity contribution in [3.8, 4) is 0 Å². The van der Waals surface area contributed by atoms with Crippen LogP contribution < -0.4 is 5.32 Å². The van der Waals surface area contributed by atoms with Crippen molar-refractivity contribution in [2.75, 3.05) is 26.2 Å². The number of aromatic nitrogens is 3. The molecule has 1 aliphatic heterocycles. The monoisotopic (exact) mass is 263 g/mol. The van der Waals surface area contributed by atoms with E-state index in [9.17, 15) is 4.79 Å². The van der Waals surface area contributed by atoms with E-state index in [-0.39, 0.29) is 5.91 Å². The molecule has 1 amide bonds. The van der Waals surface area contributed by atoms with E-state index in [1.807, 2.05) is 11.6 Å². The number of carbonyl (C=O) groups is 1. The summed E-state index contributed by atoms with van der Waals surface area (Å²) in [5.41, 5.74) is 0.419. The second kappa shape index (κ2) is 6.47. The Hall–Kier alpha value is -1.69. The first kappa shape index (κ1) is 13.7. The second-order valence-electron chi connectivity index (χ2n) is 4.70. The van der Waals surface area contributed by atoms with E-state index in [4.69, 9.17) is 0 Å². The molecule has 1 saturated heterocycles. The molecule has 2 heterocycles. The number of nitrogens with zero attached hydrogens (tertiary/aromatic N) is 4. The van der Waals surface area contributed by atoms with E-state index in [0.717, 1.165) is 25.9 Å². The van der Waals surface area contributed by atoms with Crippen molar-refractivity contribution >= 4 is 5.91 Å². The average Bonchev–Trinajstić information content (AvgIpc) is 2.95. The van der Waals surface area contributed by atoms with Crippen LogP contribution in [-0.4, -0.2) is 52.0 Å². The third-order valence-corrected chi connectivity index (χ3v) is 3.43. The van der Waals surface area contributed by atoms with Crippen LogP contribution >= 0.6 is 0 Å². The number of likely N-dealkylation sites (N-methyl/N-ethyl adjacent to an activating group) is 1. The van der Waals surface area contributed by atoms with Crippen LogP contribution in [0.5, 0.6) is 0 Å². The summed E-state index contributed by atoms with van der Waals surface area (Å²) in [6, 6.07) is 0.352. The summed E-state index contributed by atoms with van der Waals surface area (Å²) in [6.45, 7) is 8.77. The van der Waals surface area contributed by atoms with E-state index in [2.05, 4.69) is 22.2 Å². The van der Waals surface area contributed by atoms with Crippen LogP contribution in [0.4, 0.5) is 0 Å². The molecular weight excluding hydrogens is 242 g/mol. The highest BCUT2D eigenvalue weighted by Crippen LogP contribution is 2.17. The number of carbonyl (C=O) groups excluding carboxylic acids is 1. The van der Waals surface area contributed by atoms with E-state index in [0.29, 0.717) is 24.8 Å². The van der Waals surface area contributed by atoms with Crippen LogP contribution in [0.1, 0.15) is 36.3 Å². The highest BCUT2D eigenvalue weighted by atomic mass is 16.2. The summed E-state index contributed by atoms with van der Waals surface area (Å²) in [5.74, 6) is -0.0809. The first-order valence-electron chi connectivity index (χ1n) is 6.79. The number of hydrogen-bond acceptors (Lipinski definition) is 4. The van der Waals surface area contributed by atoms with Gasteiger partial charge in [-0.2, -0.15) is 0 Å². The minimum absolute atomic E-state index is 0.0809. The van der Waals surface area contributed by atoms with Gasteiger partial charge in [0.1, 0.15) is 0 Å². The summed E-state index contributed by atoms with van der Waals surface area (Å²) in [7, 11) is 0. The molecule has 0 radical (unpaired) electrons. The molecule has 19 heavy (non-hydrogen) atoms. The molecule has 1 fully saturated rings. The third-order valence-electron chi connectivity index (χ3n) is 3.43. The Balaban J connectivity index is 2.06. The maximum Gasteiger partial charge on any atom is 0.276 e. The highest BCUT2D eigenvalue weighted by Gasteiger charge is 2.20. The van der Waals surface area contributed by atoms with Gasteiger partial charge >= 0.3 is 0 Å². The van der Waals surface area contributed by atoms with Gasteiger partial charge in [0, 0.05) is 13.1 Å². The summed E-state index contributed by atoms with van der Waals surface area (Å²) in [4.78, 5) is 13.9. The highest BCUT2D eigenvalue weighted by molar-refractivity contribution is 5.92. The van der Waals surface area contributed by atoms with E-state index in [1.165, 1.54) is 0 Å². The Labute approximate surface area is 113 Å².